The summed E-state index contributed by atoms with van der Waals surface area (Å²) < 4.78 is 0. The van der Waals surface area contributed by atoms with Crippen LogP contribution in [0.5, 0.6) is 0 Å². The molecule has 0 aromatic rings. The summed E-state index contributed by atoms with van der Waals surface area (Å²) in [5.74, 6) is -0.920. The summed E-state index contributed by atoms with van der Waals surface area (Å²) in [6, 6.07) is 0. The molecular weight excluding hydrogens is 216 g/mol. The summed E-state index contributed by atoms with van der Waals surface area (Å²) in [4.78, 5) is 23.3. The van der Waals surface area contributed by atoms with Gasteiger partial charge in [-0.2, -0.15) is 0 Å². The van der Waals surface area contributed by atoms with Crippen LogP contribution in [-0.4, -0.2) is 18.9 Å². The second-order valence-corrected chi connectivity index (χ2v) is 4.66. The number of hydrogen-bond donors (Lipinski definition) is 2. The lowest BCUT2D eigenvalue weighted by atomic mass is 9.82. The van der Waals surface area contributed by atoms with E-state index in [0.29, 0.717) is 18.8 Å². The van der Waals surface area contributed by atoms with Gasteiger partial charge in [-0.3, -0.25) is 9.59 Å². The zero-order valence-electron chi connectivity index (χ0n) is 11.2. The van der Waals surface area contributed by atoms with Gasteiger partial charge in [0.15, 0.2) is 0 Å². The Morgan fingerprint density at radius 2 is 1.88 bits per heavy atom. The van der Waals surface area contributed by atoms with E-state index in [1.54, 1.807) is 7.05 Å². The van der Waals surface area contributed by atoms with E-state index in [-0.39, 0.29) is 11.8 Å². The monoisotopic (exact) mass is 240 g/mol. The molecule has 3 N–H and O–H groups in total. The SMILES string of the molecule is C/C=C/C[C@H](C(N)=O)C(CC(C)C)C(=O)NC. The summed E-state index contributed by atoms with van der Waals surface area (Å²) in [7, 11) is 1.59. The first-order valence-corrected chi connectivity index (χ1v) is 6.06. The molecular formula is C13H24N2O2. The number of nitrogens with two attached hydrogens (primary N) is 1. The van der Waals surface area contributed by atoms with E-state index in [9.17, 15) is 9.59 Å². The number of carbonyl (C=O) groups excluding carboxylic acids is 2. The van der Waals surface area contributed by atoms with E-state index in [1.165, 1.54) is 0 Å². The molecule has 0 rings (SSSR count). The highest BCUT2D eigenvalue weighted by Crippen LogP contribution is 2.24. The van der Waals surface area contributed by atoms with Crippen molar-refractivity contribution >= 4 is 11.8 Å². The van der Waals surface area contributed by atoms with Crippen LogP contribution < -0.4 is 11.1 Å². The van der Waals surface area contributed by atoms with E-state index >= 15 is 0 Å². The summed E-state index contributed by atoms with van der Waals surface area (Å²) in [5, 5.41) is 2.61. The number of primary amides is 1. The van der Waals surface area contributed by atoms with Crippen LogP contribution in [0.1, 0.15) is 33.6 Å². The Hall–Kier alpha value is -1.32. The number of carbonyl (C=O) groups is 2. The molecule has 98 valence electrons. The van der Waals surface area contributed by atoms with Crippen LogP contribution in [0.25, 0.3) is 0 Å². The zero-order valence-corrected chi connectivity index (χ0v) is 11.2. The molecule has 0 radical (unpaired) electrons. The Balaban J connectivity index is 4.92. The quantitative estimate of drug-likeness (QED) is 0.661. The predicted molar refractivity (Wildman–Crippen MR) is 69.1 cm³/mol. The molecule has 2 atom stereocenters. The van der Waals surface area contributed by atoms with E-state index in [0.717, 1.165) is 0 Å². The Morgan fingerprint density at radius 3 is 2.24 bits per heavy atom. The number of allylic oxidation sites excluding steroid dienone is 2. The van der Waals surface area contributed by atoms with Crippen molar-refractivity contribution in [1.29, 1.82) is 0 Å². The molecule has 0 aliphatic carbocycles. The molecule has 0 fully saturated rings. The van der Waals surface area contributed by atoms with Gasteiger partial charge in [0, 0.05) is 7.05 Å². The molecule has 17 heavy (non-hydrogen) atoms. The fourth-order valence-electron chi connectivity index (χ4n) is 1.91. The summed E-state index contributed by atoms with van der Waals surface area (Å²) >= 11 is 0. The minimum Gasteiger partial charge on any atom is -0.369 e. The Morgan fingerprint density at radius 1 is 1.29 bits per heavy atom. The van der Waals surface area contributed by atoms with Gasteiger partial charge < -0.3 is 11.1 Å². The molecule has 0 heterocycles. The van der Waals surface area contributed by atoms with E-state index in [2.05, 4.69) is 5.32 Å². The van der Waals surface area contributed by atoms with Crippen molar-refractivity contribution in [2.75, 3.05) is 7.05 Å². The molecule has 1 unspecified atom stereocenters. The highest BCUT2D eigenvalue weighted by Gasteiger charge is 2.31. The van der Waals surface area contributed by atoms with Crippen LogP contribution in [0.3, 0.4) is 0 Å². The van der Waals surface area contributed by atoms with Crippen LogP contribution in [0, 0.1) is 17.8 Å². The number of rotatable bonds is 7. The van der Waals surface area contributed by atoms with Gasteiger partial charge >= 0.3 is 0 Å². The lowest BCUT2D eigenvalue weighted by Gasteiger charge is -2.24. The first-order valence-electron chi connectivity index (χ1n) is 6.06. The van der Waals surface area contributed by atoms with E-state index in [1.807, 2.05) is 32.9 Å². The minimum absolute atomic E-state index is 0.105. The molecule has 2 amide bonds. The molecule has 0 aliphatic rings. The Labute approximate surface area is 104 Å². The van der Waals surface area contributed by atoms with Crippen LogP contribution in [0.2, 0.25) is 0 Å². The number of amides is 2. The smallest absolute Gasteiger partial charge is 0.223 e. The van der Waals surface area contributed by atoms with Gasteiger partial charge in [0.05, 0.1) is 11.8 Å². The highest BCUT2D eigenvalue weighted by atomic mass is 16.2. The third-order valence-electron chi connectivity index (χ3n) is 2.79. The Bertz CT molecular complexity index is 285. The van der Waals surface area contributed by atoms with Gasteiger partial charge in [-0.25, -0.2) is 0 Å². The molecule has 0 bridgehead atoms. The molecule has 0 spiro atoms. The standard InChI is InChI=1S/C13H24N2O2/c1-5-6-7-10(12(14)16)11(8-9(2)3)13(17)15-4/h5-6,9-11H,7-8H2,1-4H3,(H2,14,16)(H,15,17)/b6-5+/t10-,11?/m0/s1. The largest absolute Gasteiger partial charge is 0.369 e. The highest BCUT2D eigenvalue weighted by molar-refractivity contribution is 5.86. The molecule has 4 nitrogen and oxygen atoms in total. The molecule has 0 saturated carbocycles. The van der Waals surface area contributed by atoms with E-state index < -0.39 is 11.8 Å². The van der Waals surface area contributed by atoms with Crippen molar-refractivity contribution in [1.82, 2.24) is 5.32 Å². The van der Waals surface area contributed by atoms with Crippen molar-refractivity contribution in [3.8, 4) is 0 Å². The van der Waals surface area contributed by atoms with Gasteiger partial charge in [-0.05, 0) is 25.7 Å². The number of hydrogen-bond acceptors (Lipinski definition) is 2. The van der Waals surface area contributed by atoms with Crippen molar-refractivity contribution < 1.29 is 9.59 Å². The van der Waals surface area contributed by atoms with Crippen LogP contribution in [-0.2, 0) is 9.59 Å². The van der Waals surface area contributed by atoms with Crippen molar-refractivity contribution in [3.05, 3.63) is 12.2 Å². The summed E-state index contributed by atoms with van der Waals surface area (Å²) in [6.45, 7) is 5.95. The minimum atomic E-state index is -0.423. The zero-order chi connectivity index (χ0) is 13.4. The van der Waals surface area contributed by atoms with Crippen LogP contribution in [0.4, 0.5) is 0 Å². The lowest BCUT2D eigenvalue weighted by molar-refractivity contribution is -0.133. The fraction of sp³-hybridized carbons (Fsp3) is 0.692. The predicted octanol–water partition coefficient (Wildman–Crippen LogP) is 1.46. The fourth-order valence-corrected chi connectivity index (χ4v) is 1.91. The topological polar surface area (TPSA) is 72.2 Å². The summed E-state index contributed by atoms with van der Waals surface area (Å²) in [6.07, 6.45) is 4.94. The van der Waals surface area contributed by atoms with Gasteiger partial charge in [-0.1, -0.05) is 26.0 Å². The van der Waals surface area contributed by atoms with Crippen molar-refractivity contribution in [2.45, 2.75) is 33.6 Å². The maximum absolute atomic E-state index is 11.8. The molecule has 0 aliphatic heterocycles. The molecule has 0 saturated heterocycles. The van der Waals surface area contributed by atoms with Gasteiger partial charge in [0.2, 0.25) is 11.8 Å². The Kier molecular flexibility index (Phi) is 7.26. The average Bonchev–Trinajstić information content (AvgIpc) is 2.26. The van der Waals surface area contributed by atoms with Gasteiger partial charge in [0.1, 0.15) is 0 Å². The molecule has 4 heteroatoms. The first kappa shape index (κ1) is 15.7. The van der Waals surface area contributed by atoms with Gasteiger partial charge in [0.25, 0.3) is 0 Å². The first-order chi connectivity index (χ1) is 7.93. The second-order valence-electron chi connectivity index (χ2n) is 4.66. The lowest BCUT2D eigenvalue weighted by Crippen LogP contribution is -2.39. The third kappa shape index (κ3) is 5.52. The normalized spacial score (nSPS) is 14.9. The number of nitrogens with one attached hydrogen (secondary N) is 1. The second kappa shape index (κ2) is 7.87. The van der Waals surface area contributed by atoms with Crippen molar-refractivity contribution in [3.63, 3.8) is 0 Å². The average molecular weight is 240 g/mol. The maximum atomic E-state index is 11.8. The maximum Gasteiger partial charge on any atom is 0.223 e. The summed E-state index contributed by atoms with van der Waals surface area (Å²) in [5.41, 5.74) is 5.39. The van der Waals surface area contributed by atoms with Crippen LogP contribution in [0.15, 0.2) is 12.2 Å². The van der Waals surface area contributed by atoms with E-state index in [4.69, 9.17) is 5.73 Å². The van der Waals surface area contributed by atoms with Crippen molar-refractivity contribution in [2.24, 2.45) is 23.5 Å². The van der Waals surface area contributed by atoms with Crippen LogP contribution >= 0.6 is 0 Å². The van der Waals surface area contributed by atoms with Gasteiger partial charge in [-0.15, -0.1) is 0 Å². The molecule has 0 aromatic carbocycles. The third-order valence-corrected chi connectivity index (χ3v) is 2.79. The molecule has 0 aromatic heterocycles.